The molecule has 4 aromatic rings. The standard InChI is InChI=1S/C21H19N3OS/c1-15(17-7-3-2-4-8-17)24-19(12-18-9-11-26-21(18)24)20(25)23-14-16-6-5-10-22-13-16/h2-13,15H,14H2,1H3,(H,23,25)/t15-/m0/s1. The molecule has 3 heterocycles. The summed E-state index contributed by atoms with van der Waals surface area (Å²) in [5.74, 6) is -0.0694. The fourth-order valence-electron chi connectivity index (χ4n) is 3.16. The average Bonchev–Trinajstić information content (AvgIpc) is 3.28. The van der Waals surface area contributed by atoms with Crippen LogP contribution in [0.15, 0.2) is 72.4 Å². The van der Waals surface area contributed by atoms with Gasteiger partial charge in [-0.15, -0.1) is 11.3 Å². The number of fused-ring (bicyclic) bond motifs is 1. The Balaban J connectivity index is 1.66. The highest BCUT2D eigenvalue weighted by molar-refractivity contribution is 7.16. The lowest BCUT2D eigenvalue weighted by atomic mass is 10.1. The lowest BCUT2D eigenvalue weighted by Crippen LogP contribution is -2.26. The molecule has 0 aliphatic rings. The van der Waals surface area contributed by atoms with Gasteiger partial charge in [0.05, 0.1) is 6.04 Å². The number of nitrogens with zero attached hydrogens (tertiary/aromatic N) is 2. The third kappa shape index (κ3) is 3.13. The van der Waals surface area contributed by atoms with Gasteiger partial charge in [-0.05, 0) is 41.6 Å². The maximum atomic E-state index is 12.9. The van der Waals surface area contributed by atoms with Crippen LogP contribution in [0.25, 0.3) is 10.2 Å². The molecule has 0 spiro atoms. The molecule has 5 heteroatoms. The predicted molar refractivity (Wildman–Crippen MR) is 105 cm³/mol. The van der Waals surface area contributed by atoms with Crippen molar-refractivity contribution in [2.75, 3.05) is 0 Å². The number of pyridine rings is 1. The van der Waals surface area contributed by atoms with Gasteiger partial charge in [-0.3, -0.25) is 9.78 Å². The summed E-state index contributed by atoms with van der Waals surface area (Å²) in [6.45, 7) is 2.59. The molecule has 26 heavy (non-hydrogen) atoms. The minimum absolute atomic E-state index is 0.0694. The SMILES string of the molecule is C[C@@H](c1ccccc1)n1c(C(=O)NCc2cccnc2)cc2ccsc21. The number of carbonyl (C=O) groups is 1. The Morgan fingerprint density at radius 1 is 1.19 bits per heavy atom. The first-order valence-corrected chi connectivity index (χ1v) is 9.42. The van der Waals surface area contributed by atoms with E-state index in [4.69, 9.17) is 0 Å². The van der Waals surface area contributed by atoms with Crippen LogP contribution < -0.4 is 5.32 Å². The molecule has 0 saturated carbocycles. The number of thiophene rings is 1. The van der Waals surface area contributed by atoms with E-state index in [1.165, 1.54) is 5.56 Å². The molecule has 0 fully saturated rings. The van der Waals surface area contributed by atoms with E-state index in [9.17, 15) is 4.79 Å². The number of amides is 1. The predicted octanol–water partition coefficient (Wildman–Crippen LogP) is 4.64. The van der Waals surface area contributed by atoms with Gasteiger partial charge in [-0.1, -0.05) is 36.4 Å². The Bertz CT molecular complexity index is 1020. The Morgan fingerprint density at radius 2 is 2.04 bits per heavy atom. The van der Waals surface area contributed by atoms with Gasteiger partial charge in [0.1, 0.15) is 10.5 Å². The summed E-state index contributed by atoms with van der Waals surface area (Å²) in [5, 5.41) is 6.18. The van der Waals surface area contributed by atoms with Crippen molar-refractivity contribution in [3.63, 3.8) is 0 Å². The van der Waals surface area contributed by atoms with E-state index in [1.807, 2.05) is 36.4 Å². The third-order valence-corrected chi connectivity index (χ3v) is 5.45. The molecule has 0 bridgehead atoms. The average molecular weight is 361 g/mol. The molecule has 1 amide bonds. The van der Waals surface area contributed by atoms with Gasteiger partial charge in [-0.25, -0.2) is 0 Å². The van der Waals surface area contributed by atoms with Crippen molar-refractivity contribution < 1.29 is 4.79 Å². The van der Waals surface area contributed by atoms with E-state index < -0.39 is 0 Å². The number of benzene rings is 1. The lowest BCUT2D eigenvalue weighted by molar-refractivity contribution is 0.0941. The van der Waals surface area contributed by atoms with Crippen LogP contribution in [-0.2, 0) is 6.54 Å². The summed E-state index contributed by atoms with van der Waals surface area (Å²) in [5.41, 5.74) is 2.85. The minimum atomic E-state index is -0.0694. The van der Waals surface area contributed by atoms with Gasteiger partial charge in [0.15, 0.2) is 0 Å². The van der Waals surface area contributed by atoms with Crippen LogP contribution in [0.4, 0.5) is 0 Å². The molecule has 3 aromatic heterocycles. The van der Waals surface area contributed by atoms with Crippen molar-refractivity contribution in [1.29, 1.82) is 0 Å². The quantitative estimate of drug-likeness (QED) is 0.563. The zero-order valence-corrected chi connectivity index (χ0v) is 15.2. The molecule has 4 nitrogen and oxygen atoms in total. The molecular weight excluding hydrogens is 342 g/mol. The number of carbonyl (C=O) groups excluding carboxylic acids is 1. The number of hydrogen-bond donors (Lipinski definition) is 1. The van der Waals surface area contributed by atoms with E-state index in [0.29, 0.717) is 12.2 Å². The maximum absolute atomic E-state index is 12.9. The van der Waals surface area contributed by atoms with Crippen LogP contribution in [0.3, 0.4) is 0 Å². The Kier molecular flexibility index (Phi) is 4.54. The van der Waals surface area contributed by atoms with Crippen LogP contribution >= 0.6 is 11.3 Å². The van der Waals surface area contributed by atoms with Crippen LogP contribution in [0.2, 0.25) is 0 Å². The zero-order valence-electron chi connectivity index (χ0n) is 14.4. The first-order chi connectivity index (χ1) is 12.7. The third-order valence-electron chi connectivity index (χ3n) is 4.52. The van der Waals surface area contributed by atoms with E-state index in [2.05, 4.69) is 45.4 Å². The highest BCUT2D eigenvalue weighted by Gasteiger charge is 2.21. The second kappa shape index (κ2) is 7.14. The molecule has 0 aliphatic heterocycles. The van der Waals surface area contributed by atoms with E-state index in [0.717, 1.165) is 15.8 Å². The summed E-state index contributed by atoms with van der Waals surface area (Å²) in [4.78, 5) is 18.1. The Morgan fingerprint density at radius 3 is 2.81 bits per heavy atom. The summed E-state index contributed by atoms with van der Waals surface area (Å²) in [6, 6.07) is 18.2. The molecule has 0 radical (unpaired) electrons. The Hall–Kier alpha value is -2.92. The smallest absolute Gasteiger partial charge is 0.268 e. The fraction of sp³-hybridized carbons (Fsp3) is 0.143. The van der Waals surface area contributed by atoms with Crippen LogP contribution in [0.1, 0.15) is 34.6 Å². The summed E-state index contributed by atoms with van der Waals surface area (Å²) < 4.78 is 2.13. The highest BCUT2D eigenvalue weighted by atomic mass is 32.1. The second-order valence-electron chi connectivity index (χ2n) is 6.21. The first-order valence-electron chi connectivity index (χ1n) is 8.54. The molecule has 1 N–H and O–H groups in total. The topological polar surface area (TPSA) is 46.9 Å². The van der Waals surface area contributed by atoms with Crippen molar-refractivity contribution in [1.82, 2.24) is 14.9 Å². The van der Waals surface area contributed by atoms with Gasteiger partial charge < -0.3 is 9.88 Å². The second-order valence-corrected chi connectivity index (χ2v) is 7.11. The normalized spacial score (nSPS) is 12.2. The van der Waals surface area contributed by atoms with E-state index in [-0.39, 0.29) is 11.9 Å². The van der Waals surface area contributed by atoms with Gasteiger partial charge in [0, 0.05) is 24.3 Å². The first kappa shape index (κ1) is 16.5. The molecular formula is C21H19N3OS. The summed E-state index contributed by atoms with van der Waals surface area (Å²) >= 11 is 1.66. The van der Waals surface area contributed by atoms with Crippen LogP contribution in [0, 0.1) is 0 Å². The molecule has 4 rings (SSSR count). The summed E-state index contributed by atoms with van der Waals surface area (Å²) in [7, 11) is 0. The molecule has 0 aliphatic carbocycles. The van der Waals surface area contributed by atoms with E-state index in [1.54, 1.807) is 23.7 Å². The van der Waals surface area contributed by atoms with Crippen molar-refractivity contribution in [3.05, 3.63) is 89.2 Å². The molecule has 130 valence electrons. The number of nitrogens with one attached hydrogen (secondary N) is 1. The number of hydrogen-bond acceptors (Lipinski definition) is 3. The van der Waals surface area contributed by atoms with Crippen molar-refractivity contribution in [2.24, 2.45) is 0 Å². The van der Waals surface area contributed by atoms with Crippen LogP contribution in [0.5, 0.6) is 0 Å². The monoisotopic (exact) mass is 361 g/mol. The molecule has 0 unspecified atom stereocenters. The summed E-state index contributed by atoms with van der Waals surface area (Å²) in [6.07, 6.45) is 3.50. The molecule has 1 atom stereocenters. The maximum Gasteiger partial charge on any atom is 0.268 e. The van der Waals surface area contributed by atoms with E-state index >= 15 is 0 Å². The molecule has 0 saturated heterocycles. The lowest BCUT2D eigenvalue weighted by Gasteiger charge is -2.18. The zero-order chi connectivity index (χ0) is 17.9. The van der Waals surface area contributed by atoms with Gasteiger partial charge in [0.2, 0.25) is 0 Å². The number of aromatic nitrogens is 2. The highest BCUT2D eigenvalue weighted by Crippen LogP contribution is 2.31. The number of rotatable bonds is 5. The van der Waals surface area contributed by atoms with Crippen molar-refractivity contribution in [3.8, 4) is 0 Å². The van der Waals surface area contributed by atoms with Gasteiger partial charge in [-0.2, -0.15) is 0 Å². The van der Waals surface area contributed by atoms with Crippen molar-refractivity contribution >= 4 is 27.5 Å². The molecule has 1 aromatic carbocycles. The Labute approximate surface area is 156 Å². The van der Waals surface area contributed by atoms with Crippen LogP contribution in [-0.4, -0.2) is 15.5 Å². The van der Waals surface area contributed by atoms with Crippen molar-refractivity contribution in [2.45, 2.75) is 19.5 Å². The van der Waals surface area contributed by atoms with Gasteiger partial charge in [0.25, 0.3) is 5.91 Å². The van der Waals surface area contributed by atoms with Gasteiger partial charge >= 0.3 is 0 Å². The minimum Gasteiger partial charge on any atom is -0.347 e. The largest absolute Gasteiger partial charge is 0.347 e. The fourth-order valence-corrected chi connectivity index (χ4v) is 4.14.